The molecule has 3 fully saturated rings. The number of carbonyl (C=O) groups is 11. The van der Waals surface area contributed by atoms with E-state index in [4.69, 9.17) is 58.0 Å². The predicted octanol–water partition coefficient (Wildman–Crippen LogP) is 6.45. The van der Waals surface area contributed by atoms with Gasteiger partial charge in [0.15, 0.2) is 0 Å². The van der Waals surface area contributed by atoms with Crippen molar-refractivity contribution in [3.8, 4) is 17.6 Å². The van der Waals surface area contributed by atoms with Crippen molar-refractivity contribution in [2.45, 2.75) is 237 Å². The van der Waals surface area contributed by atoms with Gasteiger partial charge in [-0.05, 0) is 196 Å². The molecule has 1 heterocycles. The molecule has 0 saturated heterocycles. The number of carbonyl (C=O) groups excluding carboxylic acids is 11. The fourth-order valence-electron chi connectivity index (χ4n) is 20.4. The zero-order valence-electron chi connectivity index (χ0n) is 83.9. The van der Waals surface area contributed by atoms with Crippen LogP contribution in [0.15, 0.2) is 95.0 Å². The standard InChI is InChI=1S/C104H149N13O25S/c1-70(2)93(98(128)110-71(3)95(125)113-83(68-118)97(127)111-77-32-28-73-30-34-86-101(4,79(73)65-77)40-17-42-103(86,6)99(129)115-100(130)104(7)43-18-41-102(5)80-66-78(119)33-29-74(80)31-35-87(102)104)114-96(126)82(112-90(122)39-49-135-53-57-139-61-63-141-59-55-137-51-46-108-88(120)36-37-92(124)117-67-76-21-12-11-19-72(76)26-27-75-20-13-14-24-84(75)117)23-15-16-44-107-91(123)69-142-85-25-10-8-9-22-81(94(85)116-105)106-45-50-136-54-58-140-62-60-138-56-52-134-48-38-89(121)109-47-64-143(131,132)133/h11-14,19-21,24,28-29,32-33,65-66,70-71,82-83,85-87,93,118-119H,8-10,15-18,22-23,25,30-31,34-64,67-69,105H2,1-7H3,(H,107,123)(H,108,120)(H,109,121)(H,110,128)(H,111,127)(H,112,122)(H,113,125)(H,114,126)(H,115,129,130)(H,131,132,133)/t71-,82+,83-,85?,86+,87+,93-,101+,102+,103-,104-/m0/s1. The Morgan fingerprint density at radius 3 is 1.69 bits per heavy atom. The van der Waals surface area contributed by atoms with Crippen molar-refractivity contribution >= 4 is 97.9 Å². The molecule has 10 rings (SSSR count). The first-order valence-corrected chi connectivity index (χ1v) is 52.0. The summed E-state index contributed by atoms with van der Waals surface area (Å²) in [6, 6.07) is 21.0. The first kappa shape index (κ1) is 114. The number of aliphatic hydroxyl groups excluding tert-OH is 1. The zero-order chi connectivity index (χ0) is 103. The van der Waals surface area contributed by atoms with Gasteiger partial charge in [-0.25, -0.2) is 0 Å². The number of benzene rings is 4. The van der Waals surface area contributed by atoms with Crippen LogP contribution in [0.4, 0.5) is 11.4 Å². The number of hydrogen-bond acceptors (Lipinski definition) is 27. The number of fused-ring (bicyclic) bond motifs is 8. The molecule has 0 aromatic heterocycles. The molecule has 11 amide bonds. The van der Waals surface area contributed by atoms with E-state index in [-0.39, 0.29) is 184 Å². The van der Waals surface area contributed by atoms with Gasteiger partial charge in [-0.3, -0.25) is 67.6 Å². The molecule has 5 aliphatic carbocycles. The molecule has 14 N–H and O–H groups in total. The third-order valence-electron chi connectivity index (χ3n) is 28.2. The van der Waals surface area contributed by atoms with Gasteiger partial charge in [0.1, 0.15) is 48.3 Å². The maximum Gasteiger partial charge on any atom is 0.266 e. The van der Waals surface area contributed by atoms with Crippen LogP contribution >= 0.6 is 0 Å². The Labute approximate surface area is 839 Å². The molecular weight excluding hydrogens is 1860 g/mol. The highest BCUT2D eigenvalue weighted by Crippen LogP contribution is 2.60. The number of hydrogen-bond donors (Lipinski definition) is 13. The second-order valence-electron chi connectivity index (χ2n) is 38.7. The summed E-state index contributed by atoms with van der Waals surface area (Å²) in [4.78, 5) is 158. The number of para-hydroxylation sites is 1. The second-order valence-corrected chi connectivity index (χ2v) is 40.3. The normalized spacial score (nSPS) is 21.6. The van der Waals surface area contributed by atoms with E-state index < -0.39 is 116 Å². The zero-order valence-corrected chi connectivity index (χ0v) is 84.7. The van der Waals surface area contributed by atoms with E-state index in [1.165, 1.54) is 12.5 Å². The number of nitrogens with zero attached hydrogens (tertiary/aromatic N) is 3. The highest BCUT2D eigenvalue weighted by atomic mass is 32.2. The van der Waals surface area contributed by atoms with Gasteiger partial charge in [-0.15, -0.1) is 0 Å². The summed E-state index contributed by atoms with van der Waals surface area (Å²) in [7, 11) is -4.16. The number of unbranched alkanes of at least 4 members (excludes halogenated alkanes) is 1. The van der Waals surface area contributed by atoms with Gasteiger partial charge < -0.3 is 106 Å². The maximum absolute atomic E-state index is 15.0. The Bertz CT molecular complexity index is 5210. The van der Waals surface area contributed by atoms with Gasteiger partial charge in [-0.1, -0.05) is 122 Å². The number of amides is 11. The Balaban J connectivity index is 0.654. The number of aryl methyl sites for hydroxylation is 2. The van der Waals surface area contributed by atoms with Crippen molar-refractivity contribution < 1.29 is 119 Å². The number of phenols is 1. The van der Waals surface area contributed by atoms with Crippen molar-refractivity contribution in [2.75, 3.05) is 161 Å². The van der Waals surface area contributed by atoms with Crippen LogP contribution in [-0.2, 0) is 136 Å². The first-order chi connectivity index (χ1) is 68.7. The number of nitrogens with one attached hydrogen (secondary N) is 9. The molecule has 1 unspecified atom stereocenters. The highest BCUT2D eigenvalue weighted by Gasteiger charge is 2.59. The molecular formula is C104H149N13O25S. The molecule has 4 aromatic carbocycles. The number of phenolic OH excluding ortho intramolecular Hbond substituents is 1. The lowest BCUT2D eigenvalue weighted by Gasteiger charge is -2.56. The monoisotopic (exact) mass is 2010 g/mol. The smallest absolute Gasteiger partial charge is 0.266 e. The quantitative estimate of drug-likeness (QED) is 0.00563. The molecule has 11 atom stereocenters. The van der Waals surface area contributed by atoms with Gasteiger partial charge >= 0.3 is 0 Å². The highest BCUT2D eigenvalue weighted by molar-refractivity contribution is 7.85. The topological polar surface area (TPSA) is 528 Å². The minimum Gasteiger partial charge on any atom is -0.508 e. The number of aromatic hydroxyl groups is 1. The molecule has 0 radical (unpaired) electrons. The Hall–Kier alpha value is -10.7. The van der Waals surface area contributed by atoms with Crippen LogP contribution in [0, 0.1) is 40.4 Å². The SMILES string of the molecule is CC(C)[C@H](NC(=O)[C@@H](CCCCNC(=O)COC1CCCCCC(=NCCOCCOCCOCCOCCC(=O)NCCS(=O)(=O)O)C1=NN)NC(=O)CCOCCOCCOCCOCCNC(=O)CCC(=O)N1Cc2ccccc2C#Cc2ccccc21)C(=O)N[C@@H](C)C(=O)N[C@@H](CO)C(=O)Nc1ccc2c(c1)[C@@]1(C)CCC[C@](C)(C(=O)NC(=O)[C@@]3(C)CCC[C@]4(C)c5cc(O)ccc5CC[C@@H]34)[C@@H]1CC2. The molecule has 0 spiro atoms. The third kappa shape index (κ3) is 34.2. The summed E-state index contributed by atoms with van der Waals surface area (Å²) in [5, 5.41) is 50.0. The van der Waals surface area contributed by atoms with Crippen molar-refractivity contribution in [2.24, 2.45) is 44.5 Å². The average molecular weight is 2010 g/mol. The number of aliphatic hydroxyl groups is 1. The van der Waals surface area contributed by atoms with Crippen LogP contribution in [0.1, 0.15) is 216 Å². The van der Waals surface area contributed by atoms with E-state index >= 15 is 0 Å². The molecule has 0 bridgehead atoms. The van der Waals surface area contributed by atoms with Crippen molar-refractivity contribution in [1.82, 2.24) is 42.5 Å². The van der Waals surface area contributed by atoms with E-state index in [9.17, 15) is 71.4 Å². The summed E-state index contributed by atoms with van der Waals surface area (Å²) in [5.41, 5.74) is 6.31. The lowest BCUT2D eigenvalue weighted by Crippen LogP contribution is -2.60. The Morgan fingerprint density at radius 1 is 0.517 bits per heavy atom. The molecule has 3 saturated carbocycles. The first-order valence-electron chi connectivity index (χ1n) is 50.4. The number of nitrogens with two attached hydrogens (primary N) is 1. The van der Waals surface area contributed by atoms with Crippen molar-refractivity contribution in [1.29, 1.82) is 0 Å². The fourth-order valence-corrected chi connectivity index (χ4v) is 20.8. The van der Waals surface area contributed by atoms with Crippen LogP contribution in [0.3, 0.4) is 0 Å². The number of aliphatic imine (C=N–C) groups is 1. The van der Waals surface area contributed by atoms with Crippen LogP contribution in [0.5, 0.6) is 5.75 Å². The summed E-state index contributed by atoms with van der Waals surface area (Å²) in [6.45, 7) is 16.4. The Kier molecular flexibility index (Phi) is 45.7. The van der Waals surface area contributed by atoms with Crippen molar-refractivity contribution in [3.63, 3.8) is 0 Å². The summed E-state index contributed by atoms with van der Waals surface area (Å²) in [5.74, 6) is 5.75. The molecule has 4 aromatic rings. The lowest BCUT2D eigenvalue weighted by molar-refractivity contribution is -0.150. The van der Waals surface area contributed by atoms with Crippen LogP contribution in [0.25, 0.3) is 0 Å². The van der Waals surface area contributed by atoms with Crippen LogP contribution in [-0.4, -0.2) is 281 Å². The summed E-state index contributed by atoms with van der Waals surface area (Å²) in [6.07, 6.45) is 10.8. The second kappa shape index (κ2) is 57.2. The third-order valence-corrected chi connectivity index (χ3v) is 28.9. The molecule has 1 aliphatic heterocycles. The minimum atomic E-state index is -4.16. The van der Waals surface area contributed by atoms with Gasteiger partial charge in [0, 0.05) is 62.1 Å². The van der Waals surface area contributed by atoms with Crippen molar-refractivity contribution in [3.05, 3.63) is 124 Å². The molecule has 39 heteroatoms. The molecule has 6 aliphatic rings. The van der Waals surface area contributed by atoms with Crippen LogP contribution < -0.4 is 58.6 Å². The minimum absolute atomic E-state index is 0.00196. The van der Waals surface area contributed by atoms with Gasteiger partial charge in [0.05, 0.1) is 153 Å². The summed E-state index contributed by atoms with van der Waals surface area (Å²) >= 11 is 0. The van der Waals surface area contributed by atoms with E-state index in [1.54, 1.807) is 30.9 Å². The molecule has 38 nitrogen and oxygen atoms in total. The predicted molar refractivity (Wildman–Crippen MR) is 535 cm³/mol. The van der Waals surface area contributed by atoms with Gasteiger partial charge in [0.25, 0.3) is 10.1 Å². The van der Waals surface area contributed by atoms with Crippen LogP contribution in [0.2, 0.25) is 0 Å². The fraction of sp³-hybridized carbons (Fsp3) is 0.625. The number of imide groups is 1. The molecule has 786 valence electrons. The van der Waals surface area contributed by atoms with Gasteiger partial charge in [0.2, 0.25) is 65.0 Å². The summed E-state index contributed by atoms with van der Waals surface area (Å²) < 4.78 is 81.3. The lowest BCUT2D eigenvalue weighted by atomic mass is 9.49. The van der Waals surface area contributed by atoms with E-state index in [2.05, 4.69) is 78.6 Å². The number of ether oxygens (including phenoxy) is 9. The number of anilines is 2. The van der Waals surface area contributed by atoms with Gasteiger partial charge in [-0.2, -0.15) is 13.5 Å². The average Bonchev–Trinajstić information content (AvgIpc) is 0.720. The van der Waals surface area contributed by atoms with E-state index in [0.717, 1.165) is 84.7 Å². The Morgan fingerprint density at radius 2 is 1.07 bits per heavy atom. The number of hydrazone groups is 1. The molecule has 143 heavy (non-hydrogen) atoms. The van der Waals surface area contributed by atoms with E-state index in [1.807, 2.05) is 86.6 Å². The number of rotatable bonds is 57. The maximum atomic E-state index is 15.0. The largest absolute Gasteiger partial charge is 0.508 e. The van der Waals surface area contributed by atoms with E-state index in [0.29, 0.717) is 120 Å².